The summed E-state index contributed by atoms with van der Waals surface area (Å²) in [6, 6.07) is 26.1. The molecule has 0 unspecified atom stereocenters. The molecule has 0 aliphatic carbocycles. The Balaban J connectivity index is 1.55. The molecular formula is C26H24N2O2. The fourth-order valence-electron chi connectivity index (χ4n) is 3.44. The highest BCUT2D eigenvalue weighted by Crippen LogP contribution is 2.23. The van der Waals surface area contributed by atoms with Crippen molar-refractivity contribution in [2.75, 3.05) is 12.4 Å². The number of anilines is 1. The zero-order chi connectivity index (χ0) is 20.8. The van der Waals surface area contributed by atoms with E-state index in [1.807, 2.05) is 66.7 Å². The number of benzene rings is 3. The highest BCUT2D eigenvalue weighted by molar-refractivity contribution is 5.91. The summed E-state index contributed by atoms with van der Waals surface area (Å²) < 4.78 is 5.42. The van der Waals surface area contributed by atoms with Crippen LogP contribution in [0.4, 0.5) is 5.82 Å². The quantitative estimate of drug-likeness (QED) is 0.404. The second-order valence-corrected chi connectivity index (χ2v) is 7.01. The van der Waals surface area contributed by atoms with Crippen LogP contribution in [0.15, 0.2) is 78.9 Å². The maximum Gasteiger partial charge on any atom is 0.126 e. The van der Waals surface area contributed by atoms with Gasteiger partial charge in [-0.25, -0.2) is 4.98 Å². The summed E-state index contributed by atoms with van der Waals surface area (Å²) in [5, 5.41) is 13.8. The van der Waals surface area contributed by atoms with Crippen LogP contribution in [0.5, 0.6) is 5.75 Å². The van der Waals surface area contributed by atoms with Crippen molar-refractivity contribution >= 4 is 28.9 Å². The Labute approximate surface area is 176 Å². The van der Waals surface area contributed by atoms with Gasteiger partial charge in [0.05, 0.1) is 19.2 Å². The van der Waals surface area contributed by atoms with Crippen molar-refractivity contribution in [3.63, 3.8) is 0 Å². The van der Waals surface area contributed by atoms with E-state index >= 15 is 0 Å². The summed E-state index contributed by atoms with van der Waals surface area (Å²) in [5.41, 5.74) is 5.09. The zero-order valence-corrected chi connectivity index (χ0v) is 16.9. The predicted octanol–water partition coefficient (Wildman–Crippen LogP) is 5.52. The van der Waals surface area contributed by atoms with Gasteiger partial charge in [0, 0.05) is 17.5 Å². The molecule has 0 radical (unpaired) electrons. The second-order valence-electron chi connectivity index (χ2n) is 7.01. The van der Waals surface area contributed by atoms with Crippen LogP contribution in [-0.2, 0) is 13.2 Å². The Morgan fingerprint density at radius 1 is 0.933 bits per heavy atom. The first-order valence-corrected chi connectivity index (χ1v) is 9.90. The molecule has 0 amide bonds. The Morgan fingerprint density at radius 2 is 1.80 bits per heavy atom. The molecule has 0 saturated carbocycles. The van der Waals surface area contributed by atoms with E-state index < -0.39 is 0 Å². The third kappa shape index (κ3) is 4.50. The van der Waals surface area contributed by atoms with Crippen LogP contribution in [0, 0.1) is 0 Å². The van der Waals surface area contributed by atoms with Crippen molar-refractivity contribution in [3.05, 3.63) is 101 Å². The van der Waals surface area contributed by atoms with Crippen molar-refractivity contribution < 1.29 is 9.84 Å². The maximum absolute atomic E-state index is 9.32. The molecule has 0 saturated heterocycles. The lowest BCUT2D eigenvalue weighted by Crippen LogP contribution is -2.03. The minimum atomic E-state index is 0.0461. The van der Waals surface area contributed by atoms with Gasteiger partial charge < -0.3 is 15.2 Å². The van der Waals surface area contributed by atoms with Gasteiger partial charge in [-0.05, 0) is 47.0 Å². The van der Waals surface area contributed by atoms with Crippen LogP contribution in [0.25, 0.3) is 23.1 Å². The molecule has 150 valence electrons. The van der Waals surface area contributed by atoms with Gasteiger partial charge in [-0.1, -0.05) is 60.7 Å². The van der Waals surface area contributed by atoms with Crippen LogP contribution < -0.4 is 10.1 Å². The van der Waals surface area contributed by atoms with E-state index in [1.54, 1.807) is 7.11 Å². The van der Waals surface area contributed by atoms with Gasteiger partial charge in [0.15, 0.2) is 0 Å². The van der Waals surface area contributed by atoms with Gasteiger partial charge in [-0.15, -0.1) is 0 Å². The molecule has 0 aliphatic heterocycles. The molecule has 0 bridgehead atoms. The highest BCUT2D eigenvalue weighted by Gasteiger charge is 2.04. The lowest BCUT2D eigenvalue weighted by Gasteiger charge is -2.11. The van der Waals surface area contributed by atoms with Gasteiger partial charge in [-0.3, -0.25) is 0 Å². The molecule has 30 heavy (non-hydrogen) atoms. The summed E-state index contributed by atoms with van der Waals surface area (Å²) in [7, 11) is 1.68. The maximum atomic E-state index is 9.32. The van der Waals surface area contributed by atoms with Crippen LogP contribution in [0.1, 0.15) is 22.3 Å². The van der Waals surface area contributed by atoms with Crippen LogP contribution in [0.2, 0.25) is 0 Å². The molecule has 0 atom stereocenters. The normalized spacial score (nSPS) is 11.1. The average molecular weight is 396 g/mol. The number of pyridine rings is 1. The van der Waals surface area contributed by atoms with E-state index in [9.17, 15) is 5.11 Å². The lowest BCUT2D eigenvalue weighted by atomic mass is 10.1. The predicted molar refractivity (Wildman–Crippen MR) is 123 cm³/mol. The molecule has 0 spiro atoms. The number of ether oxygens (including phenoxy) is 1. The van der Waals surface area contributed by atoms with Crippen LogP contribution in [-0.4, -0.2) is 17.2 Å². The Bertz CT molecular complexity index is 1180. The first kappa shape index (κ1) is 19.7. The first-order chi connectivity index (χ1) is 14.8. The van der Waals surface area contributed by atoms with E-state index in [-0.39, 0.29) is 6.61 Å². The van der Waals surface area contributed by atoms with Crippen molar-refractivity contribution in [1.82, 2.24) is 4.98 Å². The number of nitrogens with zero attached hydrogens (tertiary/aromatic N) is 1. The number of aliphatic hydroxyl groups excluding tert-OH is 1. The number of hydrogen-bond donors (Lipinski definition) is 2. The second kappa shape index (κ2) is 9.25. The summed E-state index contributed by atoms with van der Waals surface area (Å²) in [6.45, 7) is 0.688. The summed E-state index contributed by atoms with van der Waals surface area (Å²) >= 11 is 0. The molecule has 3 aromatic carbocycles. The number of aliphatic hydroxyl groups is 1. The van der Waals surface area contributed by atoms with Crippen LogP contribution in [0.3, 0.4) is 0 Å². The van der Waals surface area contributed by atoms with Crippen molar-refractivity contribution in [3.8, 4) is 5.75 Å². The number of para-hydroxylation sites is 1. The molecule has 1 heterocycles. The van der Waals surface area contributed by atoms with Gasteiger partial charge in [0.1, 0.15) is 11.6 Å². The topological polar surface area (TPSA) is 54.4 Å². The highest BCUT2D eigenvalue weighted by atomic mass is 16.5. The molecule has 0 aliphatic rings. The Hall–Kier alpha value is -3.63. The number of methoxy groups -OCH3 is 1. The SMILES string of the molecule is COc1ccccc1CNc1ccc2c(C=Cc3cccc(CO)c3)cccc2n1. The number of aromatic nitrogens is 1. The minimum Gasteiger partial charge on any atom is -0.496 e. The van der Waals surface area contributed by atoms with Crippen LogP contribution >= 0.6 is 0 Å². The molecule has 4 nitrogen and oxygen atoms in total. The van der Waals surface area contributed by atoms with E-state index in [0.29, 0.717) is 6.54 Å². The van der Waals surface area contributed by atoms with Crippen molar-refractivity contribution in [2.24, 2.45) is 0 Å². The Morgan fingerprint density at radius 3 is 2.67 bits per heavy atom. The third-order valence-electron chi connectivity index (χ3n) is 5.01. The number of rotatable bonds is 7. The summed E-state index contributed by atoms with van der Waals surface area (Å²) in [6.07, 6.45) is 4.14. The third-order valence-corrected chi connectivity index (χ3v) is 5.01. The molecule has 4 aromatic rings. The molecule has 4 heteroatoms. The van der Waals surface area contributed by atoms with Gasteiger partial charge in [0.25, 0.3) is 0 Å². The monoisotopic (exact) mass is 396 g/mol. The van der Waals surface area contributed by atoms with Gasteiger partial charge in [-0.2, -0.15) is 0 Å². The number of hydrogen-bond acceptors (Lipinski definition) is 4. The smallest absolute Gasteiger partial charge is 0.126 e. The molecule has 2 N–H and O–H groups in total. The van der Waals surface area contributed by atoms with Crippen molar-refractivity contribution in [2.45, 2.75) is 13.2 Å². The van der Waals surface area contributed by atoms with Gasteiger partial charge in [0.2, 0.25) is 0 Å². The first-order valence-electron chi connectivity index (χ1n) is 9.90. The summed E-state index contributed by atoms with van der Waals surface area (Å²) in [5.74, 6) is 1.69. The molecule has 1 aromatic heterocycles. The average Bonchev–Trinajstić information content (AvgIpc) is 2.81. The number of nitrogens with one attached hydrogen (secondary N) is 1. The fraction of sp³-hybridized carbons (Fsp3) is 0.115. The zero-order valence-electron chi connectivity index (χ0n) is 16.9. The molecular weight excluding hydrogens is 372 g/mol. The number of fused-ring (bicyclic) bond motifs is 1. The largest absolute Gasteiger partial charge is 0.496 e. The fourth-order valence-corrected chi connectivity index (χ4v) is 3.44. The van der Waals surface area contributed by atoms with E-state index in [2.05, 4.69) is 29.6 Å². The van der Waals surface area contributed by atoms with E-state index in [4.69, 9.17) is 9.72 Å². The molecule has 4 rings (SSSR count). The van der Waals surface area contributed by atoms with E-state index in [0.717, 1.165) is 44.7 Å². The summed E-state index contributed by atoms with van der Waals surface area (Å²) in [4.78, 5) is 4.77. The Kier molecular flexibility index (Phi) is 6.06. The van der Waals surface area contributed by atoms with E-state index in [1.165, 1.54) is 0 Å². The minimum absolute atomic E-state index is 0.0461. The van der Waals surface area contributed by atoms with Gasteiger partial charge >= 0.3 is 0 Å². The standard InChI is InChI=1S/C26H24N2O2/c1-30-25-11-3-2-8-22(25)17-27-26-15-14-23-21(9-5-10-24(23)28-26)13-12-19-6-4-7-20(16-19)18-29/h2-16,29H,17-18H2,1H3,(H,27,28). The lowest BCUT2D eigenvalue weighted by molar-refractivity contribution is 0.282. The molecule has 0 fully saturated rings. The van der Waals surface area contributed by atoms with Crippen molar-refractivity contribution in [1.29, 1.82) is 0 Å².